The first-order chi connectivity index (χ1) is 9.77. The number of aromatic nitrogens is 1. The van der Waals surface area contributed by atoms with Crippen LogP contribution in [0, 0.1) is 5.82 Å². The van der Waals surface area contributed by atoms with Gasteiger partial charge in [0.25, 0.3) is 5.56 Å². The van der Waals surface area contributed by atoms with Gasteiger partial charge >= 0.3 is 6.18 Å². The van der Waals surface area contributed by atoms with E-state index < -0.39 is 29.2 Å². The molecule has 0 saturated heterocycles. The second-order valence-corrected chi connectivity index (χ2v) is 4.56. The summed E-state index contributed by atoms with van der Waals surface area (Å²) < 4.78 is 51.6. The standard InChI is InChI=1S/C14H12F4N2O/c15-11-4-1-9(2-5-11)12(19)8-20-7-10(14(16,17)18)3-6-13(20)21/h1-7,12H,8,19H2. The molecule has 21 heavy (non-hydrogen) atoms. The van der Waals surface area contributed by atoms with Crippen LogP contribution in [0.25, 0.3) is 0 Å². The van der Waals surface area contributed by atoms with Gasteiger partial charge in [-0.05, 0) is 23.8 Å². The Hall–Kier alpha value is -2.15. The second kappa shape index (κ2) is 5.69. The molecule has 0 saturated carbocycles. The molecule has 3 nitrogen and oxygen atoms in total. The topological polar surface area (TPSA) is 48.0 Å². The summed E-state index contributed by atoms with van der Waals surface area (Å²) in [6.45, 7) is -0.131. The first-order valence-electron chi connectivity index (χ1n) is 6.06. The van der Waals surface area contributed by atoms with Crippen LogP contribution < -0.4 is 11.3 Å². The fourth-order valence-corrected chi connectivity index (χ4v) is 1.87. The molecule has 2 rings (SSSR count). The van der Waals surface area contributed by atoms with Gasteiger partial charge in [-0.3, -0.25) is 4.79 Å². The average molecular weight is 300 g/mol. The second-order valence-electron chi connectivity index (χ2n) is 4.56. The van der Waals surface area contributed by atoms with Crippen LogP contribution in [0.3, 0.4) is 0 Å². The minimum atomic E-state index is -4.53. The molecule has 2 aromatic rings. The van der Waals surface area contributed by atoms with Crippen molar-refractivity contribution in [1.29, 1.82) is 0 Å². The Morgan fingerprint density at radius 2 is 1.71 bits per heavy atom. The fourth-order valence-electron chi connectivity index (χ4n) is 1.87. The number of benzene rings is 1. The largest absolute Gasteiger partial charge is 0.417 e. The van der Waals surface area contributed by atoms with E-state index in [1.54, 1.807) is 0 Å². The molecule has 0 spiro atoms. The molecule has 1 aromatic heterocycles. The molecule has 0 aliphatic rings. The maximum absolute atomic E-state index is 12.8. The van der Waals surface area contributed by atoms with Crippen molar-refractivity contribution in [2.75, 3.05) is 0 Å². The van der Waals surface area contributed by atoms with E-state index in [0.29, 0.717) is 5.56 Å². The van der Waals surface area contributed by atoms with Gasteiger partial charge in [0.05, 0.1) is 5.56 Å². The van der Waals surface area contributed by atoms with Crippen LogP contribution in [-0.2, 0) is 12.7 Å². The quantitative estimate of drug-likeness (QED) is 0.886. The van der Waals surface area contributed by atoms with Gasteiger partial charge in [0.15, 0.2) is 0 Å². The number of nitrogens with two attached hydrogens (primary N) is 1. The van der Waals surface area contributed by atoms with Gasteiger partial charge in [0, 0.05) is 24.8 Å². The summed E-state index contributed by atoms with van der Waals surface area (Å²) in [6, 6.07) is 6.11. The summed E-state index contributed by atoms with van der Waals surface area (Å²) in [4.78, 5) is 11.6. The van der Waals surface area contributed by atoms with E-state index in [4.69, 9.17) is 5.73 Å². The number of hydrogen-bond acceptors (Lipinski definition) is 2. The van der Waals surface area contributed by atoms with Crippen molar-refractivity contribution in [2.24, 2.45) is 5.73 Å². The summed E-state index contributed by atoms with van der Waals surface area (Å²) >= 11 is 0. The maximum Gasteiger partial charge on any atom is 0.417 e. The van der Waals surface area contributed by atoms with Gasteiger partial charge < -0.3 is 10.3 Å². The third kappa shape index (κ3) is 3.69. The highest BCUT2D eigenvalue weighted by molar-refractivity contribution is 5.20. The van der Waals surface area contributed by atoms with E-state index in [9.17, 15) is 22.4 Å². The van der Waals surface area contributed by atoms with Gasteiger partial charge in [0.1, 0.15) is 5.82 Å². The Bertz CT molecular complexity index is 677. The first kappa shape index (κ1) is 15.2. The number of nitrogens with zero attached hydrogens (tertiary/aromatic N) is 1. The van der Waals surface area contributed by atoms with Crippen LogP contribution in [0.15, 0.2) is 47.4 Å². The van der Waals surface area contributed by atoms with Crippen molar-refractivity contribution >= 4 is 0 Å². The normalized spacial score (nSPS) is 13.2. The minimum Gasteiger partial charge on any atom is -0.322 e. The van der Waals surface area contributed by atoms with Crippen LogP contribution >= 0.6 is 0 Å². The van der Waals surface area contributed by atoms with Crippen molar-refractivity contribution in [3.63, 3.8) is 0 Å². The zero-order valence-corrected chi connectivity index (χ0v) is 10.8. The predicted molar refractivity (Wildman–Crippen MR) is 69.0 cm³/mol. The highest BCUT2D eigenvalue weighted by atomic mass is 19.4. The lowest BCUT2D eigenvalue weighted by Crippen LogP contribution is -2.27. The van der Waals surface area contributed by atoms with Crippen LogP contribution in [0.1, 0.15) is 17.2 Å². The van der Waals surface area contributed by atoms with Crippen molar-refractivity contribution < 1.29 is 17.6 Å². The van der Waals surface area contributed by atoms with Crippen molar-refractivity contribution in [3.8, 4) is 0 Å². The van der Waals surface area contributed by atoms with Crippen molar-refractivity contribution in [1.82, 2.24) is 4.57 Å². The van der Waals surface area contributed by atoms with E-state index in [0.717, 1.165) is 22.9 Å². The number of alkyl halides is 3. The number of rotatable bonds is 3. The van der Waals surface area contributed by atoms with Gasteiger partial charge in [-0.15, -0.1) is 0 Å². The molecule has 0 bridgehead atoms. The lowest BCUT2D eigenvalue weighted by Gasteiger charge is -2.15. The van der Waals surface area contributed by atoms with E-state index in [1.165, 1.54) is 24.3 Å². The molecule has 0 radical (unpaired) electrons. The molecule has 0 amide bonds. The summed E-state index contributed by atoms with van der Waals surface area (Å²) in [7, 11) is 0. The summed E-state index contributed by atoms with van der Waals surface area (Å²) in [5.74, 6) is -0.442. The summed E-state index contributed by atoms with van der Waals surface area (Å²) in [5.41, 5.74) is 4.86. The number of halogens is 4. The Balaban J connectivity index is 2.26. The molecule has 112 valence electrons. The fraction of sp³-hybridized carbons (Fsp3) is 0.214. The Kier molecular flexibility index (Phi) is 4.13. The summed E-state index contributed by atoms with van der Waals surface area (Å²) in [6.07, 6.45) is -3.80. The van der Waals surface area contributed by atoms with Gasteiger partial charge in [-0.2, -0.15) is 13.2 Å². The zero-order chi connectivity index (χ0) is 15.6. The molecule has 2 N–H and O–H groups in total. The molecule has 0 fully saturated rings. The lowest BCUT2D eigenvalue weighted by molar-refractivity contribution is -0.138. The minimum absolute atomic E-state index is 0.131. The van der Waals surface area contributed by atoms with Gasteiger partial charge in [0.2, 0.25) is 0 Å². The predicted octanol–water partition coefficient (Wildman–Crippen LogP) is 2.71. The van der Waals surface area contributed by atoms with Crippen LogP contribution in [-0.4, -0.2) is 4.57 Å². The molecular formula is C14H12F4N2O. The van der Waals surface area contributed by atoms with E-state index >= 15 is 0 Å². The van der Waals surface area contributed by atoms with Crippen LogP contribution in [0.4, 0.5) is 17.6 Å². The SMILES string of the molecule is NC(Cn1cc(C(F)(F)F)ccc1=O)c1ccc(F)cc1. The molecular weight excluding hydrogens is 288 g/mol. The smallest absolute Gasteiger partial charge is 0.322 e. The summed E-state index contributed by atoms with van der Waals surface area (Å²) in [5, 5.41) is 0. The van der Waals surface area contributed by atoms with Gasteiger partial charge in [-0.1, -0.05) is 12.1 Å². The van der Waals surface area contributed by atoms with Crippen LogP contribution in [0.2, 0.25) is 0 Å². The van der Waals surface area contributed by atoms with Crippen molar-refractivity contribution in [3.05, 3.63) is 69.9 Å². The Labute approximate surface area is 117 Å². The monoisotopic (exact) mass is 300 g/mol. The van der Waals surface area contributed by atoms with Gasteiger partial charge in [-0.25, -0.2) is 4.39 Å². The third-order valence-electron chi connectivity index (χ3n) is 3.00. The Morgan fingerprint density at radius 1 is 1.10 bits per heavy atom. The lowest BCUT2D eigenvalue weighted by atomic mass is 10.1. The van der Waals surface area contributed by atoms with Crippen LogP contribution in [0.5, 0.6) is 0 Å². The van der Waals surface area contributed by atoms with E-state index in [2.05, 4.69) is 0 Å². The number of hydrogen-bond donors (Lipinski definition) is 1. The maximum atomic E-state index is 12.8. The first-order valence-corrected chi connectivity index (χ1v) is 6.06. The average Bonchev–Trinajstić information content (AvgIpc) is 2.40. The molecule has 7 heteroatoms. The molecule has 1 unspecified atom stereocenters. The number of pyridine rings is 1. The van der Waals surface area contributed by atoms with E-state index in [1.807, 2.05) is 0 Å². The molecule has 0 aliphatic carbocycles. The van der Waals surface area contributed by atoms with E-state index in [-0.39, 0.29) is 6.54 Å². The Morgan fingerprint density at radius 3 is 2.29 bits per heavy atom. The third-order valence-corrected chi connectivity index (χ3v) is 3.00. The highest BCUT2D eigenvalue weighted by Crippen LogP contribution is 2.28. The molecule has 0 aliphatic heterocycles. The molecule has 1 aromatic carbocycles. The van der Waals surface area contributed by atoms with Crippen molar-refractivity contribution in [2.45, 2.75) is 18.8 Å². The zero-order valence-electron chi connectivity index (χ0n) is 10.8. The molecule has 1 heterocycles. The highest BCUT2D eigenvalue weighted by Gasteiger charge is 2.31. The molecule has 1 atom stereocenters.